The van der Waals surface area contributed by atoms with E-state index in [1.807, 2.05) is 0 Å². The van der Waals surface area contributed by atoms with Crippen molar-refractivity contribution in [3.63, 3.8) is 0 Å². The third-order valence-electron chi connectivity index (χ3n) is 10.4. The molecule has 1 aliphatic rings. The Labute approximate surface area is 311 Å². The molecule has 0 amide bonds. The topological polar surface area (TPSA) is 0 Å². The predicted octanol–water partition coefficient (Wildman–Crippen LogP) is 11.3. The maximum absolute atomic E-state index is 10.2. The second kappa shape index (κ2) is 13.2. The fraction of sp³-hybridized carbons (Fsp3) is 0. The van der Waals surface area contributed by atoms with E-state index in [0.717, 1.165) is 0 Å². The molecule has 0 saturated heterocycles. The van der Waals surface area contributed by atoms with Crippen molar-refractivity contribution in [1.82, 2.24) is 0 Å². The van der Waals surface area contributed by atoms with Gasteiger partial charge in [0, 0.05) is 0 Å². The van der Waals surface area contributed by atoms with Crippen LogP contribution in [0, 0.1) is 7.14 Å². The summed E-state index contributed by atoms with van der Waals surface area (Å²) < 4.78 is 2.68. The summed E-state index contributed by atoms with van der Waals surface area (Å²) in [5.74, 6) is 0. The van der Waals surface area contributed by atoms with Gasteiger partial charge in [-0.1, -0.05) is 0 Å². The van der Waals surface area contributed by atoms with Crippen LogP contribution in [0.1, 0.15) is 0 Å². The van der Waals surface area contributed by atoms with E-state index >= 15 is 0 Å². The number of hydrogen-bond acceptors (Lipinski definition) is 0. The molecule has 4 heteroatoms. The van der Waals surface area contributed by atoms with Crippen molar-refractivity contribution in [3.8, 4) is 11.1 Å². The van der Waals surface area contributed by atoms with Crippen molar-refractivity contribution in [2.75, 3.05) is 0 Å². The Morgan fingerprint density at radius 1 is 0.250 bits per heavy atom. The molecule has 9 rings (SSSR count). The SMILES string of the molecule is ClI1([P+](c2ccccc2)(c2ccccc2)c2ccccc2)([P+](c2ccccc2)(c2ccccc2)c2ccccc2)c2ccccc2-c2ccccc21. The summed E-state index contributed by atoms with van der Waals surface area (Å²) in [6.07, 6.45) is 0. The number of hydrogen-bond donors (Lipinski definition) is 0. The molecular formula is C48H38ClIP2+2. The Morgan fingerprint density at radius 3 is 0.673 bits per heavy atom. The molecule has 52 heavy (non-hydrogen) atoms. The molecule has 0 aromatic heterocycles. The van der Waals surface area contributed by atoms with Gasteiger partial charge in [0.15, 0.2) is 0 Å². The van der Waals surface area contributed by atoms with Gasteiger partial charge in [0.05, 0.1) is 0 Å². The molecule has 0 atom stereocenters. The third-order valence-corrected chi connectivity index (χ3v) is 73.9. The summed E-state index contributed by atoms with van der Waals surface area (Å²) in [4.78, 5) is -5.85. The molecule has 252 valence electrons. The van der Waals surface area contributed by atoms with Gasteiger partial charge >= 0.3 is 314 Å². The van der Waals surface area contributed by atoms with E-state index in [1.165, 1.54) is 50.1 Å². The van der Waals surface area contributed by atoms with Crippen LogP contribution in [0.2, 0.25) is 0 Å². The van der Waals surface area contributed by atoms with Gasteiger partial charge in [0.25, 0.3) is 0 Å². The first-order valence-electron chi connectivity index (χ1n) is 17.6. The van der Waals surface area contributed by atoms with Gasteiger partial charge in [-0.3, -0.25) is 0 Å². The third kappa shape index (κ3) is 4.29. The number of benzene rings is 8. The quantitative estimate of drug-likeness (QED) is 0.106. The molecule has 0 saturated carbocycles. The van der Waals surface area contributed by atoms with Crippen LogP contribution < -0.4 is 31.8 Å². The molecular weight excluding hydrogens is 801 g/mol. The zero-order valence-corrected chi connectivity index (χ0v) is 33.3. The van der Waals surface area contributed by atoms with Gasteiger partial charge in [0.1, 0.15) is 0 Å². The van der Waals surface area contributed by atoms with Crippen molar-refractivity contribution in [3.05, 3.63) is 238 Å². The van der Waals surface area contributed by atoms with Crippen molar-refractivity contribution in [1.29, 1.82) is 0 Å². The summed E-state index contributed by atoms with van der Waals surface area (Å²) in [5, 5.41) is 7.89. The summed E-state index contributed by atoms with van der Waals surface area (Å²) in [7, 11) is 10.2. The Bertz CT molecular complexity index is 2110. The molecule has 0 radical (unpaired) electrons. The molecule has 0 unspecified atom stereocenters. The van der Waals surface area contributed by atoms with E-state index < -0.39 is 24.6 Å². The monoisotopic (exact) mass is 838 g/mol. The number of fused-ring (bicyclic) bond motifs is 3. The summed E-state index contributed by atoms with van der Waals surface area (Å²) in [6.45, 7) is 0. The Hall–Kier alpha value is -4.36. The van der Waals surface area contributed by atoms with Gasteiger partial charge < -0.3 is 0 Å². The van der Waals surface area contributed by atoms with Gasteiger partial charge in [-0.25, -0.2) is 0 Å². The van der Waals surface area contributed by atoms with Crippen LogP contribution in [0.15, 0.2) is 231 Å². The van der Waals surface area contributed by atoms with E-state index in [2.05, 4.69) is 231 Å². The van der Waals surface area contributed by atoms with Crippen LogP contribution >= 0.6 is 33.5 Å². The molecule has 0 nitrogen and oxygen atoms in total. The molecule has 1 aliphatic heterocycles. The minimum atomic E-state index is -5.49. The predicted molar refractivity (Wildman–Crippen MR) is 239 cm³/mol. The molecule has 0 bridgehead atoms. The van der Waals surface area contributed by atoms with E-state index in [-0.39, 0.29) is 0 Å². The zero-order chi connectivity index (χ0) is 35.1. The van der Waals surface area contributed by atoms with E-state index in [4.69, 9.17) is 0 Å². The van der Waals surface area contributed by atoms with Crippen molar-refractivity contribution >= 4 is 65.4 Å². The van der Waals surface area contributed by atoms with Crippen LogP contribution in [-0.4, -0.2) is 0 Å². The molecule has 0 aliphatic carbocycles. The van der Waals surface area contributed by atoms with Crippen LogP contribution in [-0.2, 0) is 0 Å². The Balaban J connectivity index is 1.72. The summed E-state index contributed by atoms with van der Waals surface area (Å²) >= 11 is -5.49. The fourth-order valence-corrected chi connectivity index (χ4v) is 91.0. The van der Waals surface area contributed by atoms with Crippen molar-refractivity contribution < 1.29 is 0 Å². The van der Waals surface area contributed by atoms with E-state index in [1.54, 1.807) is 0 Å². The maximum atomic E-state index is 10.2. The molecule has 1 heterocycles. The van der Waals surface area contributed by atoms with Crippen LogP contribution in [0.4, 0.5) is 0 Å². The van der Waals surface area contributed by atoms with Crippen LogP contribution in [0.3, 0.4) is 0 Å². The Kier molecular flexibility index (Phi) is 8.53. The first kappa shape index (κ1) is 33.5. The molecule has 8 aromatic rings. The first-order chi connectivity index (χ1) is 25.7. The summed E-state index contributed by atoms with van der Waals surface area (Å²) in [5.41, 5.74) is 2.53. The average molecular weight is 839 g/mol. The number of halogens is 2. The van der Waals surface area contributed by atoms with Crippen LogP contribution in [0.5, 0.6) is 0 Å². The van der Waals surface area contributed by atoms with Crippen molar-refractivity contribution in [2.45, 2.75) is 0 Å². The standard InChI is InChI=1S/C48H38ClIP2/c49-50(47-37-21-19-35-45(47)46-36-20-22-38-48(46)50,51(39-23-7-1-8-24-39,40-25-9-2-10-26-40)41-27-11-3-12-28-41)52(42-29-13-4-14-30-42,43-31-15-5-16-32-43)44-33-17-6-18-34-44/h1-38H/q+2. The van der Waals surface area contributed by atoms with Crippen molar-refractivity contribution in [2.24, 2.45) is 0 Å². The van der Waals surface area contributed by atoms with E-state index in [0.29, 0.717) is 0 Å². The molecule has 0 N–H and O–H groups in total. The summed E-state index contributed by atoms with van der Waals surface area (Å²) in [6, 6.07) is 86.8. The number of rotatable bonds is 8. The normalized spacial score (nSPS) is 15.1. The first-order valence-corrected chi connectivity index (χ1v) is 31.6. The second-order valence-electron chi connectivity index (χ2n) is 12.9. The Morgan fingerprint density at radius 2 is 0.442 bits per heavy atom. The molecule has 0 fully saturated rings. The van der Waals surface area contributed by atoms with Gasteiger partial charge in [-0.05, 0) is 0 Å². The molecule has 8 aromatic carbocycles. The van der Waals surface area contributed by atoms with Gasteiger partial charge in [0.2, 0.25) is 0 Å². The van der Waals surface area contributed by atoms with E-state index in [9.17, 15) is 8.91 Å². The fourth-order valence-electron chi connectivity index (χ4n) is 8.53. The average Bonchev–Trinajstić information content (AvgIpc) is 3.47. The zero-order valence-electron chi connectivity index (χ0n) is 28.6. The van der Waals surface area contributed by atoms with Crippen LogP contribution in [0.25, 0.3) is 11.1 Å². The van der Waals surface area contributed by atoms with Gasteiger partial charge in [-0.15, -0.1) is 0 Å². The minimum absolute atomic E-state index is 1.27. The van der Waals surface area contributed by atoms with Gasteiger partial charge in [-0.2, -0.15) is 0 Å². The molecule has 0 spiro atoms. The second-order valence-corrected chi connectivity index (χ2v) is 51.2.